The van der Waals surface area contributed by atoms with Gasteiger partial charge >= 0.3 is 0 Å². The topological polar surface area (TPSA) is 21.2 Å². The Morgan fingerprint density at radius 1 is 0.912 bits per heavy atom. The summed E-state index contributed by atoms with van der Waals surface area (Å²) >= 11 is 0. The zero-order valence-corrected chi connectivity index (χ0v) is 22.7. The molecule has 4 heteroatoms. The lowest BCUT2D eigenvalue weighted by Gasteiger charge is -2.20. The summed E-state index contributed by atoms with van der Waals surface area (Å²) in [6.45, 7) is 16.5. The molecule has 0 saturated heterocycles. The molecule has 3 nitrogen and oxygen atoms in total. The Morgan fingerprint density at radius 3 is 2.35 bits per heavy atom. The van der Waals surface area contributed by atoms with E-state index in [1.807, 2.05) is 6.33 Å². The molecule has 0 amide bonds. The van der Waals surface area contributed by atoms with Crippen molar-refractivity contribution in [2.75, 3.05) is 0 Å². The van der Waals surface area contributed by atoms with Crippen LogP contribution in [0.2, 0.25) is 19.6 Å². The number of hydrogen-bond acceptors (Lipinski definition) is 1. The van der Waals surface area contributed by atoms with Crippen LogP contribution < -0.4 is 9.75 Å². The maximum absolute atomic E-state index is 4.93. The van der Waals surface area contributed by atoms with Gasteiger partial charge in [0.1, 0.15) is 5.52 Å². The maximum Gasteiger partial charge on any atom is 0.287 e. The zero-order valence-electron chi connectivity index (χ0n) is 21.7. The Kier molecular flexibility index (Phi) is 4.30. The molecule has 3 aromatic carbocycles. The van der Waals surface area contributed by atoms with Crippen molar-refractivity contribution in [3.05, 3.63) is 59.9 Å². The molecule has 6 aromatic rings. The second-order valence-electron chi connectivity index (χ2n) is 12.4. The molecular formula is C30H34N3Si+. The molecule has 6 rings (SSSR count). The number of fused-ring (bicyclic) bond motifs is 5. The van der Waals surface area contributed by atoms with Gasteiger partial charge in [0.15, 0.2) is 5.52 Å². The van der Waals surface area contributed by atoms with Crippen molar-refractivity contribution in [3.8, 4) is 0 Å². The lowest BCUT2D eigenvalue weighted by atomic mass is 9.88. The Labute approximate surface area is 202 Å². The predicted octanol–water partition coefficient (Wildman–Crippen LogP) is 6.65. The fraction of sp³-hybridized carbons (Fsp3) is 0.333. The van der Waals surface area contributed by atoms with Crippen LogP contribution in [0.3, 0.4) is 0 Å². The van der Waals surface area contributed by atoms with Crippen LogP contribution in [-0.4, -0.2) is 17.5 Å². The second kappa shape index (κ2) is 6.79. The van der Waals surface area contributed by atoms with Crippen LogP contribution in [-0.2, 0) is 13.5 Å². The standard InChI is InChI=1S/C30H34N3Si/c1-18-9-11-22-21-12-10-19(16-30(2,3)4)13-24(21)33-25-15-20(34(6,7)8)14-23-27(25)29(26(18)28(22)33)32(5)17-31-23/h9-15,17H,16H2,1-8H3/q+1. The van der Waals surface area contributed by atoms with Crippen molar-refractivity contribution in [3.63, 3.8) is 0 Å². The molecule has 34 heavy (non-hydrogen) atoms. The molecule has 0 spiro atoms. The molecule has 0 atom stereocenters. The van der Waals surface area contributed by atoms with Gasteiger partial charge in [-0.05, 0) is 53.1 Å². The molecule has 0 N–H and O–H groups in total. The second-order valence-corrected chi connectivity index (χ2v) is 17.5. The van der Waals surface area contributed by atoms with Crippen molar-refractivity contribution in [1.29, 1.82) is 0 Å². The molecule has 0 unspecified atom stereocenters. The predicted molar refractivity (Wildman–Crippen MR) is 148 cm³/mol. The highest BCUT2D eigenvalue weighted by Crippen LogP contribution is 2.40. The van der Waals surface area contributed by atoms with Crippen LogP contribution in [0.1, 0.15) is 31.9 Å². The number of hydrogen-bond donors (Lipinski definition) is 0. The molecule has 0 aliphatic heterocycles. The van der Waals surface area contributed by atoms with E-state index >= 15 is 0 Å². The largest absolute Gasteiger partial charge is 0.308 e. The van der Waals surface area contributed by atoms with E-state index in [0.29, 0.717) is 0 Å². The van der Waals surface area contributed by atoms with Crippen LogP contribution in [0.15, 0.2) is 48.8 Å². The summed E-state index contributed by atoms with van der Waals surface area (Å²) in [5.74, 6) is 0. The SMILES string of the molecule is Cc1ccc2c3ccc(CC(C)(C)C)cc3n3c4cc([Si](C)(C)C)cc5nc[n+](C)c(c1c23)c54. The summed E-state index contributed by atoms with van der Waals surface area (Å²) in [4.78, 5) is 4.93. The third-order valence-corrected chi connectivity index (χ3v) is 9.36. The smallest absolute Gasteiger partial charge is 0.287 e. The van der Waals surface area contributed by atoms with Gasteiger partial charge in [-0.15, -0.1) is 0 Å². The number of aryl methyl sites for hydroxylation is 2. The maximum atomic E-state index is 4.93. The molecular weight excluding hydrogens is 430 g/mol. The normalized spacial score (nSPS) is 13.4. The van der Waals surface area contributed by atoms with Crippen LogP contribution >= 0.6 is 0 Å². The lowest BCUT2D eigenvalue weighted by Crippen LogP contribution is -2.38. The highest BCUT2D eigenvalue weighted by molar-refractivity contribution is 6.89. The van der Waals surface area contributed by atoms with Gasteiger partial charge in [0, 0.05) is 16.2 Å². The molecule has 0 aliphatic rings. The van der Waals surface area contributed by atoms with Crippen molar-refractivity contribution >= 4 is 62.4 Å². The zero-order chi connectivity index (χ0) is 24.2. The van der Waals surface area contributed by atoms with E-state index in [1.54, 1.807) is 0 Å². The first kappa shape index (κ1) is 21.5. The molecule has 0 fully saturated rings. The first-order chi connectivity index (χ1) is 15.9. The molecule has 172 valence electrons. The quantitative estimate of drug-likeness (QED) is 0.122. The first-order valence-electron chi connectivity index (χ1n) is 12.3. The van der Waals surface area contributed by atoms with E-state index in [9.17, 15) is 0 Å². The van der Waals surface area contributed by atoms with Crippen LogP contribution in [0.5, 0.6) is 0 Å². The summed E-state index contributed by atoms with van der Waals surface area (Å²) < 4.78 is 4.77. The number of aromatic nitrogens is 3. The van der Waals surface area contributed by atoms with Crippen LogP contribution in [0.4, 0.5) is 0 Å². The van der Waals surface area contributed by atoms with E-state index in [-0.39, 0.29) is 5.41 Å². The van der Waals surface area contributed by atoms with Crippen LogP contribution in [0.25, 0.3) is 49.1 Å². The number of benzene rings is 3. The highest BCUT2D eigenvalue weighted by Gasteiger charge is 2.27. The van der Waals surface area contributed by atoms with Gasteiger partial charge in [-0.1, -0.05) is 69.9 Å². The number of nitrogens with zero attached hydrogens (tertiary/aromatic N) is 3. The molecule has 0 aliphatic carbocycles. The average Bonchev–Trinajstić information content (AvgIpc) is 3.06. The Morgan fingerprint density at radius 2 is 1.65 bits per heavy atom. The van der Waals surface area contributed by atoms with Crippen molar-refractivity contribution in [2.45, 2.75) is 53.8 Å². The van der Waals surface area contributed by atoms with Crippen molar-refractivity contribution in [2.24, 2.45) is 12.5 Å². The molecule has 0 saturated carbocycles. The fourth-order valence-corrected chi connectivity index (χ4v) is 6.91. The van der Waals surface area contributed by atoms with Gasteiger partial charge in [-0.25, -0.2) is 4.57 Å². The summed E-state index contributed by atoms with van der Waals surface area (Å²) in [6.07, 6.45) is 3.06. The third-order valence-electron chi connectivity index (χ3n) is 7.34. The summed E-state index contributed by atoms with van der Waals surface area (Å²) in [7, 11) is 0.594. The molecule has 0 bridgehead atoms. The number of rotatable bonds is 2. The highest BCUT2D eigenvalue weighted by atomic mass is 28.3. The van der Waals surface area contributed by atoms with E-state index in [2.05, 4.69) is 106 Å². The molecule has 3 aromatic heterocycles. The minimum atomic E-state index is -1.54. The van der Waals surface area contributed by atoms with E-state index in [4.69, 9.17) is 4.98 Å². The first-order valence-corrected chi connectivity index (χ1v) is 15.8. The Hall–Kier alpha value is -2.98. The van der Waals surface area contributed by atoms with E-state index in [0.717, 1.165) is 11.9 Å². The van der Waals surface area contributed by atoms with Gasteiger partial charge in [-0.3, -0.25) is 0 Å². The van der Waals surface area contributed by atoms with Gasteiger partial charge in [-0.2, -0.15) is 0 Å². The third kappa shape index (κ3) is 3.01. The Bertz CT molecular complexity index is 1760. The van der Waals surface area contributed by atoms with Gasteiger partial charge in [0.2, 0.25) is 0 Å². The Balaban J connectivity index is 1.93. The number of pyridine rings is 1. The van der Waals surface area contributed by atoms with Gasteiger partial charge < -0.3 is 4.40 Å². The molecule has 3 heterocycles. The summed E-state index contributed by atoms with van der Waals surface area (Å²) in [5, 5.41) is 6.75. The van der Waals surface area contributed by atoms with E-state index in [1.165, 1.54) is 59.9 Å². The summed E-state index contributed by atoms with van der Waals surface area (Å²) in [5.41, 5.74) is 9.30. The lowest BCUT2D eigenvalue weighted by molar-refractivity contribution is -0.646. The minimum Gasteiger partial charge on any atom is -0.308 e. The average molecular weight is 465 g/mol. The van der Waals surface area contributed by atoms with Gasteiger partial charge in [0.25, 0.3) is 6.33 Å². The van der Waals surface area contributed by atoms with Crippen molar-refractivity contribution < 1.29 is 4.57 Å². The summed E-state index contributed by atoms with van der Waals surface area (Å²) in [6, 6.07) is 16.6. The van der Waals surface area contributed by atoms with Crippen molar-refractivity contribution in [1.82, 2.24) is 9.38 Å². The van der Waals surface area contributed by atoms with Gasteiger partial charge in [0.05, 0.1) is 37.1 Å². The molecule has 0 radical (unpaired) electrons. The fourth-order valence-electron chi connectivity index (χ4n) is 5.77. The van der Waals surface area contributed by atoms with E-state index < -0.39 is 8.07 Å². The van der Waals surface area contributed by atoms with Crippen LogP contribution in [0, 0.1) is 12.3 Å². The minimum absolute atomic E-state index is 0.249. The monoisotopic (exact) mass is 464 g/mol.